The van der Waals surface area contributed by atoms with Crippen LogP contribution in [0.1, 0.15) is 85.5 Å². The fraction of sp³-hybridized carbons (Fsp3) is 0.789. The number of allylic oxidation sites excluding steroid dienone is 2. The van der Waals surface area contributed by atoms with E-state index in [-0.39, 0.29) is 0 Å². The zero-order valence-electron chi connectivity index (χ0n) is 14.7. The molecule has 21 heavy (non-hydrogen) atoms. The van der Waals surface area contributed by atoms with Gasteiger partial charge in [-0.05, 0) is 49.7 Å². The molecule has 124 valence electrons. The minimum Gasteiger partial charge on any atom is -0.501 e. The topological polar surface area (TPSA) is 18.5 Å². The number of ether oxygens (including phenoxy) is 2. The summed E-state index contributed by atoms with van der Waals surface area (Å²) in [6.07, 6.45) is 14.4. The van der Waals surface area contributed by atoms with Gasteiger partial charge in [0.15, 0.2) is 0 Å². The van der Waals surface area contributed by atoms with Crippen molar-refractivity contribution in [2.45, 2.75) is 85.5 Å². The third-order valence-electron chi connectivity index (χ3n) is 3.64. The lowest BCUT2D eigenvalue weighted by Crippen LogP contribution is -1.96. The fourth-order valence-corrected chi connectivity index (χ4v) is 2.02. The fourth-order valence-electron chi connectivity index (χ4n) is 2.02. The average Bonchev–Trinajstić information content (AvgIpc) is 2.52. The number of unbranched alkanes of at least 4 members (excludes halogenated alkanes) is 2. The van der Waals surface area contributed by atoms with Crippen LogP contribution in [0.4, 0.5) is 0 Å². The molecule has 0 N–H and O–H groups in total. The molecule has 2 nitrogen and oxygen atoms in total. The smallest absolute Gasteiger partial charge is 0.0905 e. The van der Waals surface area contributed by atoms with E-state index in [1.54, 1.807) is 0 Å². The van der Waals surface area contributed by atoms with Gasteiger partial charge in [-0.2, -0.15) is 0 Å². The predicted octanol–water partition coefficient (Wildman–Crippen LogP) is 6.38. The van der Waals surface area contributed by atoms with Crippen LogP contribution in [-0.4, -0.2) is 13.2 Å². The summed E-state index contributed by atoms with van der Waals surface area (Å²) < 4.78 is 11.2. The molecule has 0 radical (unpaired) electrons. The van der Waals surface area contributed by atoms with Crippen molar-refractivity contribution in [3.63, 3.8) is 0 Å². The van der Waals surface area contributed by atoms with Gasteiger partial charge in [0.1, 0.15) is 0 Å². The van der Waals surface area contributed by atoms with E-state index in [0.717, 1.165) is 32.5 Å². The van der Waals surface area contributed by atoms with Crippen molar-refractivity contribution in [3.8, 4) is 0 Å². The Kier molecular flexibility index (Phi) is 14.8. The Balaban J connectivity index is 3.70. The highest BCUT2D eigenvalue weighted by atomic mass is 16.5. The van der Waals surface area contributed by atoms with Gasteiger partial charge in [-0.1, -0.05) is 40.5 Å². The van der Waals surface area contributed by atoms with Gasteiger partial charge < -0.3 is 9.47 Å². The standard InChI is InChI=1S/C19H36O2/c1-5-9-12-18(7-3)16-20-14-11-15-21-17-19(8-4)13-10-6-2/h16-17H,5-15H2,1-4H3. The molecule has 0 aliphatic rings. The number of hydrogen-bond acceptors (Lipinski definition) is 2. The molecule has 0 saturated heterocycles. The molecule has 0 fully saturated rings. The highest BCUT2D eigenvalue weighted by Crippen LogP contribution is 2.12. The first-order valence-electron chi connectivity index (χ1n) is 8.87. The van der Waals surface area contributed by atoms with Gasteiger partial charge in [0.05, 0.1) is 25.7 Å². The molecular formula is C19H36O2. The van der Waals surface area contributed by atoms with Crippen molar-refractivity contribution in [2.75, 3.05) is 13.2 Å². The number of rotatable bonds is 14. The molecule has 0 aromatic heterocycles. The van der Waals surface area contributed by atoms with Crippen LogP contribution in [0.15, 0.2) is 23.7 Å². The minimum atomic E-state index is 0.750. The highest BCUT2D eigenvalue weighted by molar-refractivity contribution is 4.97. The van der Waals surface area contributed by atoms with Gasteiger partial charge in [-0.25, -0.2) is 0 Å². The molecular weight excluding hydrogens is 260 g/mol. The van der Waals surface area contributed by atoms with Gasteiger partial charge >= 0.3 is 0 Å². The maximum atomic E-state index is 5.62. The first-order chi connectivity index (χ1) is 10.3. The monoisotopic (exact) mass is 296 g/mol. The van der Waals surface area contributed by atoms with E-state index >= 15 is 0 Å². The Morgan fingerprint density at radius 3 is 1.43 bits per heavy atom. The first-order valence-corrected chi connectivity index (χ1v) is 8.87. The highest BCUT2D eigenvalue weighted by Gasteiger charge is 1.96. The van der Waals surface area contributed by atoms with Gasteiger partial charge in [0.2, 0.25) is 0 Å². The molecule has 0 aliphatic heterocycles. The Morgan fingerprint density at radius 1 is 0.667 bits per heavy atom. The molecule has 2 heteroatoms. The van der Waals surface area contributed by atoms with Crippen molar-refractivity contribution < 1.29 is 9.47 Å². The maximum Gasteiger partial charge on any atom is 0.0905 e. The van der Waals surface area contributed by atoms with Crippen molar-refractivity contribution in [3.05, 3.63) is 23.7 Å². The van der Waals surface area contributed by atoms with Crippen molar-refractivity contribution in [2.24, 2.45) is 0 Å². The summed E-state index contributed by atoms with van der Waals surface area (Å²) >= 11 is 0. The summed E-state index contributed by atoms with van der Waals surface area (Å²) in [5.74, 6) is 0. The van der Waals surface area contributed by atoms with Crippen LogP contribution in [0.2, 0.25) is 0 Å². The van der Waals surface area contributed by atoms with E-state index in [0.29, 0.717) is 0 Å². The molecule has 0 aliphatic carbocycles. The molecule has 0 bridgehead atoms. The Labute approximate surface area is 132 Å². The zero-order valence-corrected chi connectivity index (χ0v) is 14.7. The summed E-state index contributed by atoms with van der Waals surface area (Å²) in [5.41, 5.74) is 2.84. The molecule has 0 saturated carbocycles. The third-order valence-corrected chi connectivity index (χ3v) is 3.64. The molecule has 0 heterocycles. The van der Waals surface area contributed by atoms with Gasteiger partial charge in [0.25, 0.3) is 0 Å². The van der Waals surface area contributed by atoms with Crippen LogP contribution >= 0.6 is 0 Å². The van der Waals surface area contributed by atoms with E-state index in [4.69, 9.17) is 9.47 Å². The maximum absolute atomic E-state index is 5.62. The van der Waals surface area contributed by atoms with Crippen LogP contribution in [-0.2, 0) is 9.47 Å². The lowest BCUT2D eigenvalue weighted by atomic mass is 10.1. The van der Waals surface area contributed by atoms with Crippen molar-refractivity contribution >= 4 is 0 Å². The van der Waals surface area contributed by atoms with Crippen LogP contribution in [0.25, 0.3) is 0 Å². The zero-order chi connectivity index (χ0) is 15.8. The first kappa shape index (κ1) is 20.1. The van der Waals surface area contributed by atoms with E-state index < -0.39 is 0 Å². The molecule has 0 aromatic carbocycles. The summed E-state index contributed by atoms with van der Waals surface area (Å²) in [4.78, 5) is 0. The Morgan fingerprint density at radius 2 is 1.10 bits per heavy atom. The second-order valence-electron chi connectivity index (χ2n) is 5.56. The predicted molar refractivity (Wildman–Crippen MR) is 92.3 cm³/mol. The second-order valence-corrected chi connectivity index (χ2v) is 5.56. The molecule has 0 rings (SSSR count). The molecule has 0 amide bonds. The van der Waals surface area contributed by atoms with Crippen molar-refractivity contribution in [1.29, 1.82) is 0 Å². The lowest BCUT2D eigenvalue weighted by Gasteiger charge is -2.07. The summed E-state index contributed by atoms with van der Waals surface area (Å²) in [6, 6.07) is 0. The third kappa shape index (κ3) is 12.5. The lowest BCUT2D eigenvalue weighted by molar-refractivity contribution is 0.180. The van der Waals surface area contributed by atoms with E-state index in [2.05, 4.69) is 27.7 Å². The quantitative estimate of drug-likeness (QED) is 0.273. The Hall–Kier alpha value is -0.920. The second kappa shape index (κ2) is 15.5. The number of hydrogen-bond donors (Lipinski definition) is 0. The molecule has 0 atom stereocenters. The Bertz CT molecular complexity index is 251. The molecule has 0 aromatic rings. The SMILES string of the molecule is CCCCC(=COCCCOC=C(CC)CCCC)CC. The van der Waals surface area contributed by atoms with Crippen LogP contribution in [0.5, 0.6) is 0 Å². The van der Waals surface area contributed by atoms with E-state index in [9.17, 15) is 0 Å². The van der Waals surface area contributed by atoms with Crippen molar-refractivity contribution in [1.82, 2.24) is 0 Å². The van der Waals surface area contributed by atoms with Gasteiger partial charge in [0, 0.05) is 6.42 Å². The largest absolute Gasteiger partial charge is 0.501 e. The van der Waals surface area contributed by atoms with Gasteiger partial charge in [-0.3, -0.25) is 0 Å². The summed E-state index contributed by atoms with van der Waals surface area (Å²) in [6.45, 7) is 10.3. The van der Waals surface area contributed by atoms with Gasteiger partial charge in [-0.15, -0.1) is 0 Å². The summed E-state index contributed by atoms with van der Waals surface area (Å²) in [5, 5.41) is 0. The van der Waals surface area contributed by atoms with Crippen LogP contribution < -0.4 is 0 Å². The minimum absolute atomic E-state index is 0.750. The molecule has 0 unspecified atom stereocenters. The van der Waals surface area contributed by atoms with Crippen LogP contribution in [0, 0.1) is 0 Å². The molecule has 0 spiro atoms. The van der Waals surface area contributed by atoms with E-state index in [1.807, 2.05) is 12.5 Å². The summed E-state index contributed by atoms with van der Waals surface area (Å²) in [7, 11) is 0. The van der Waals surface area contributed by atoms with E-state index in [1.165, 1.54) is 49.7 Å². The average molecular weight is 296 g/mol. The van der Waals surface area contributed by atoms with Crippen LogP contribution in [0.3, 0.4) is 0 Å². The normalized spacial score (nSPS) is 12.6.